The average Bonchev–Trinajstić information content (AvgIpc) is 3.11. The standard InChI is InChI=1S/C12H18N2O4/c1-2-6-14(8-11(15)16)12(17)13-5-7-18-9-10-3-4-10/h1,10H,3-9H2,(H,13,17)(H,15,16). The summed E-state index contributed by atoms with van der Waals surface area (Å²) in [6.45, 7) is 1.09. The lowest BCUT2D eigenvalue weighted by Gasteiger charge is -2.18. The molecule has 6 nitrogen and oxygen atoms in total. The first-order valence-electron chi connectivity index (χ1n) is 5.89. The number of amides is 2. The summed E-state index contributed by atoms with van der Waals surface area (Å²) >= 11 is 0. The molecule has 0 bridgehead atoms. The quantitative estimate of drug-likeness (QED) is 0.477. The lowest BCUT2D eigenvalue weighted by molar-refractivity contribution is -0.137. The highest BCUT2D eigenvalue weighted by Crippen LogP contribution is 2.28. The fourth-order valence-electron chi connectivity index (χ4n) is 1.35. The van der Waals surface area contributed by atoms with Gasteiger partial charge in [0, 0.05) is 13.2 Å². The van der Waals surface area contributed by atoms with Crippen molar-refractivity contribution in [1.29, 1.82) is 0 Å². The van der Waals surface area contributed by atoms with Crippen LogP contribution >= 0.6 is 0 Å². The van der Waals surface area contributed by atoms with E-state index in [1.165, 1.54) is 12.8 Å². The van der Waals surface area contributed by atoms with E-state index in [0.717, 1.165) is 11.5 Å². The van der Waals surface area contributed by atoms with Crippen LogP contribution in [0, 0.1) is 18.3 Å². The van der Waals surface area contributed by atoms with Crippen molar-refractivity contribution in [2.45, 2.75) is 12.8 Å². The lowest BCUT2D eigenvalue weighted by Crippen LogP contribution is -2.44. The zero-order valence-corrected chi connectivity index (χ0v) is 10.2. The van der Waals surface area contributed by atoms with Gasteiger partial charge in [-0.15, -0.1) is 6.42 Å². The minimum atomic E-state index is -1.09. The predicted octanol–water partition coefficient (Wildman–Crippen LogP) is 0.142. The third kappa shape index (κ3) is 6.11. The first-order valence-corrected chi connectivity index (χ1v) is 5.89. The van der Waals surface area contributed by atoms with E-state index in [1.54, 1.807) is 0 Å². The fraction of sp³-hybridized carbons (Fsp3) is 0.667. The van der Waals surface area contributed by atoms with Gasteiger partial charge in [-0.25, -0.2) is 4.79 Å². The van der Waals surface area contributed by atoms with Crippen molar-refractivity contribution in [2.75, 3.05) is 32.8 Å². The Morgan fingerprint density at radius 2 is 2.22 bits per heavy atom. The van der Waals surface area contributed by atoms with E-state index in [-0.39, 0.29) is 6.54 Å². The van der Waals surface area contributed by atoms with Gasteiger partial charge in [0.05, 0.1) is 13.2 Å². The van der Waals surface area contributed by atoms with Gasteiger partial charge in [-0.3, -0.25) is 4.79 Å². The average molecular weight is 254 g/mol. The monoisotopic (exact) mass is 254 g/mol. The summed E-state index contributed by atoms with van der Waals surface area (Å²) in [6, 6.07) is -0.481. The Bertz CT molecular complexity index is 333. The highest BCUT2D eigenvalue weighted by molar-refractivity contribution is 5.80. The van der Waals surface area contributed by atoms with Crippen LogP contribution in [0.3, 0.4) is 0 Å². The van der Waals surface area contributed by atoms with Crippen LogP contribution in [0.15, 0.2) is 0 Å². The van der Waals surface area contributed by atoms with Crippen molar-refractivity contribution >= 4 is 12.0 Å². The number of nitrogens with zero attached hydrogens (tertiary/aromatic N) is 1. The molecule has 0 spiro atoms. The van der Waals surface area contributed by atoms with E-state index in [4.69, 9.17) is 16.3 Å². The first-order chi connectivity index (χ1) is 8.63. The van der Waals surface area contributed by atoms with Gasteiger partial charge in [0.1, 0.15) is 6.54 Å². The molecule has 0 aromatic rings. The van der Waals surface area contributed by atoms with Crippen LogP contribution in [0.1, 0.15) is 12.8 Å². The minimum Gasteiger partial charge on any atom is -0.480 e. The van der Waals surface area contributed by atoms with Crippen LogP contribution in [-0.4, -0.2) is 54.9 Å². The second kappa shape index (κ2) is 7.56. The second-order valence-corrected chi connectivity index (χ2v) is 4.20. The molecule has 1 aliphatic rings. The second-order valence-electron chi connectivity index (χ2n) is 4.20. The lowest BCUT2D eigenvalue weighted by atomic mass is 10.5. The minimum absolute atomic E-state index is 0.0267. The van der Waals surface area contributed by atoms with E-state index in [2.05, 4.69) is 11.2 Å². The highest BCUT2D eigenvalue weighted by atomic mass is 16.5. The topological polar surface area (TPSA) is 78.9 Å². The molecule has 100 valence electrons. The molecular weight excluding hydrogens is 236 g/mol. The van der Waals surface area contributed by atoms with Crippen molar-refractivity contribution in [3.05, 3.63) is 0 Å². The highest BCUT2D eigenvalue weighted by Gasteiger charge is 2.21. The van der Waals surface area contributed by atoms with Gasteiger partial charge in [-0.05, 0) is 18.8 Å². The molecule has 0 saturated heterocycles. The van der Waals surface area contributed by atoms with E-state index >= 15 is 0 Å². The molecule has 0 atom stereocenters. The molecule has 0 radical (unpaired) electrons. The normalized spacial score (nSPS) is 13.7. The maximum Gasteiger partial charge on any atom is 0.323 e. The molecule has 2 N–H and O–H groups in total. The third-order valence-corrected chi connectivity index (χ3v) is 2.47. The Morgan fingerprint density at radius 3 is 2.78 bits per heavy atom. The molecular formula is C12H18N2O4. The van der Waals surface area contributed by atoms with Crippen molar-refractivity contribution in [3.8, 4) is 12.3 Å². The number of carboxylic acids is 1. The van der Waals surface area contributed by atoms with Crippen LogP contribution in [0.4, 0.5) is 4.79 Å². The summed E-state index contributed by atoms with van der Waals surface area (Å²) < 4.78 is 5.34. The molecule has 0 heterocycles. The summed E-state index contributed by atoms with van der Waals surface area (Å²) in [5.41, 5.74) is 0. The SMILES string of the molecule is C#CCN(CC(=O)O)C(=O)NCCOCC1CC1. The molecule has 1 fully saturated rings. The number of urea groups is 1. The number of ether oxygens (including phenoxy) is 1. The molecule has 6 heteroatoms. The van der Waals surface area contributed by atoms with Gasteiger partial charge < -0.3 is 20.1 Å². The largest absolute Gasteiger partial charge is 0.480 e. The van der Waals surface area contributed by atoms with E-state index in [0.29, 0.717) is 19.1 Å². The molecule has 1 saturated carbocycles. The number of carbonyl (C=O) groups excluding carboxylic acids is 1. The molecule has 0 unspecified atom stereocenters. The molecule has 2 amide bonds. The zero-order valence-electron chi connectivity index (χ0n) is 10.2. The number of carboxylic acid groups (broad SMARTS) is 1. The van der Waals surface area contributed by atoms with Crippen molar-refractivity contribution in [1.82, 2.24) is 10.2 Å². The number of terminal acetylenes is 1. The smallest absolute Gasteiger partial charge is 0.323 e. The summed E-state index contributed by atoms with van der Waals surface area (Å²) in [5, 5.41) is 11.2. The van der Waals surface area contributed by atoms with Gasteiger partial charge in [0.15, 0.2) is 0 Å². The Balaban J connectivity index is 2.14. The maximum atomic E-state index is 11.6. The van der Waals surface area contributed by atoms with Crippen LogP contribution in [0.2, 0.25) is 0 Å². The number of hydrogen-bond acceptors (Lipinski definition) is 3. The molecule has 1 aliphatic carbocycles. The summed E-state index contributed by atoms with van der Waals surface area (Å²) in [6.07, 6.45) is 7.52. The molecule has 0 aromatic carbocycles. The number of hydrogen-bond donors (Lipinski definition) is 2. The predicted molar refractivity (Wildman–Crippen MR) is 65.0 cm³/mol. The van der Waals surface area contributed by atoms with Gasteiger partial charge in [0.2, 0.25) is 0 Å². The number of aliphatic carboxylic acids is 1. The van der Waals surface area contributed by atoms with Crippen molar-refractivity contribution in [2.24, 2.45) is 5.92 Å². The number of rotatable bonds is 8. The van der Waals surface area contributed by atoms with Crippen LogP contribution in [-0.2, 0) is 9.53 Å². The maximum absolute atomic E-state index is 11.6. The van der Waals surface area contributed by atoms with Crippen LogP contribution in [0.25, 0.3) is 0 Å². The van der Waals surface area contributed by atoms with Gasteiger partial charge >= 0.3 is 12.0 Å². The zero-order chi connectivity index (χ0) is 13.4. The Hall–Kier alpha value is -1.74. The Kier molecular flexibility index (Phi) is 6.01. The van der Waals surface area contributed by atoms with E-state index in [1.807, 2.05) is 0 Å². The fourth-order valence-corrected chi connectivity index (χ4v) is 1.35. The number of carbonyl (C=O) groups is 2. The van der Waals surface area contributed by atoms with E-state index < -0.39 is 18.5 Å². The van der Waals surface area contributed by atoms with Gasteiger partial charge in [-0.2, -0.15) is 0 Å². The summed E-state index contributed by atoms with van der Waals surface area (Å²) in [7, 11) is 0. The first kappa shape index (κ1) is 14.3. The van der Waals surface area contributed by atoms with Crippen LogP contribution in [0.5, 0.6) is 0 Å². The molecule has 18 heavy (non-hydrogen) atoms. The Labute approximate surface area is 106 Å². The van der Waals surface area contributed by atoms with Gasteiger partial charge in [-0.1, -0.05) is 5.92 Å². The Morgan fingerprint density at radius 1 is 1.50 bits per heavy atom. The number of nitrogens with one attached hydrogen (secondary N) is 1. The summed E-state index contributed by atoms with van der Waals surface area (Å²) in [5.74, 6) is 1.84. The van der Waals surface area contributed by atoms with E-state index in [9.17, 15) is 9.59 Å². The van der Waals surface area contributed by atoms with Crippen LogP contribution < -0.4 is 5.32 Å². The molecule has 0 aromatic heterocycles. The van der Waals surface area contributed by atoms with Crippen molar-refractivity contribution in [3.63, 3.8) is 0 Å². The van der Waals surface area contributed by atoms with Gasteiger partial charge in [0.25, 0.3) is 0 Å². The van der Waals surface area contributed by atoms with Crippen molar-refractivity contribution < 1.29 is 19.4 Å². The molecule has 1 rings (SSSR count). The summed E-state index contributed by atoms with van der Waals surface area (Å²) in [4.78, 5) is 23.2. The molecule has 0 aliphatic heterocycles. The third-order valence-electron chi connectivity index (χ3n) is 2.47.